The predicted molar refractivity (Wildman–Crippen MR) is 103 cm³/mol. The Morgan fingerprint density at radius 1 is 1.33 bits per heavy atom. The lowest BCUT2D eigenvalue weighted by atomic mass is 10.1. The van der Waals surface area contributed by atoms with E-state index in [1.54, 1.807) is 17.0 Å². The van der Waals surface area contributed by atoms with Gasteiger partial charge in [0.05, 0.1) is 6.54 Å². The first-order valence-corrected chi connectivity index (χ1v) is 9.13. The second kappa shape index (κ2) is 7.23. The molecule has 0 unspecified atom stereocenters. The highest BCUT2D eigenvalue weighted by atomic mass is 35.5. The van der Waals surface area contributed by atoms with Crippen LogP contribution in [0.2, 0.25) is 5.02 Å². The van der Waals surface area contributed by atoms with Gasteiger partial charge in [-0.25, -0.2) is 4.79 Å². The molecule has 2 amide bonds. The van der Waals surface area contributed by atoms with Crippen LogP contribution in [0.5, 0.6) is 0 Å². The van der Waals surface area contributed by atoms with E-state index >= 15 is 0 Å². The quantitative estimate of drug-likeness (QED) is 0.813. The number of benzene rings is 1. The summed E-state index contributed by atoms with van der Waals surface area (Å²) < 4.78 is 5.43. The minimum absolute atomic E-state index is 0.273. The SMILES string of the molecule is Cc1ccc(NC(=O)c2n[nH]c3c2CN(C(=O)OC(C)(C)C)CC3)cc1Cl. The summed E-state index contributed by atoms with van der Waals surface area (Å²) in [7, 11) is 0. The minimum atomic E-state index is -0.571. The number of carbonyl (C=O) groups excluding carboxylic acids is 2. The summed E-state index contributed by atoms with van der Waals surface area (Å²) in [6.07, 6.45) is 0.191. The number of aryl methyl sites for hydroxylation is 1. The Bertz CT molecular complexity index is 886. The third-order valence-corrected chi connectivity index (χ3v) is 4.64. The van der Waals surface area contributed by atoms with Crippen LogP contribution in [0.4, 0.5) is 10.5 Å². The zero-order valence-electron chi connectivity index (χ0n) is 15.9. The number of hydrogen-bond donors (Lipinski definition) is 2. The number of nitrogens with one attached hydrogen (secondary N) is 2. The molecule has 0 saturated carbocycles. The van der Waals surface area contributed by atoms with Crippen molar-refractivity contribution < 1.29 is 14.3 Å². The van der Waals surface area contributed by atoms with E-state index in [4.69, 9.17) is 16.3 Å². The van der Waals surface area contributed by atoms with Crippen LogP contribution in [-0.4, -0.2) is 39.2 Å². The Balaban J connectivity index is 1.76. The summed E-state index contributed by atoms with van der Waals surface area (Å²) in [5, 5.41) is 10.4. The number of carbonyl (C=O) groups is 2. The Labute approximate surface area is 163 Å². The van der Waals surface area contributed by atoms with Gasteiger partial charge in [0.2, 0.25) is 0 Å². The number of halogens is 1. The topological polar surface area (TPSA) is 87.3 Å². The molecule has 0 aliphatic carbocycles. The lowest BCUT2D eigenvalue weighted by molar-refractivity contribution is 0.0222. The fourth-order valence-electron chi connectivity index (χ4n) is 2.83. The van der Waals surface area contributed by atoms with E-state index in [1.165, 1.54) is 0 Å². The number of nitrogens with zero attached hydrogens (tertiary/aromatic N) is 2. The molecule has 1 aromatic heterocycles. The van der Waals surface area contributed by atoms with Crippen LogP contribution in [0.1, 0.15) is 48.1 Å². The number of H-pyrrole nitrogens is 1. The molecule has 2 N–H and O–H groups in total. The molecule has 1 aromatic carbocycles. The standard InChI is InChI=1S/C19H23ClN4O3/c1-11-5-6-12(9-14(11)20)21-17(25)16-13-10-24(8-7-15(13)22-23-16)18(26)27-19(2,3)4/h5-6,9H,7-8,10H2,1-4H3,(H,21,25)(H,22,23). The largest absolute Gasteiger partial charge is 0.444 e. The fourth-order valence-corrected chi connectivity index (χ4v) is 3.01. The molecule has 3 rings (SSSR count). The minimum Gasteiger partial charge on any atom is -0.444 e. The van der Waals surface area contributed by atoms with Gasteiger partial charge in [0.1, 0.15) is 5.60 Å². The van der Waals surface area contributed by atoms with Crippen molar-refractivity contribution in [2.45, 2.75) is 46.3 Å². The lowest BCUT2D eigenvalue weighted by Gasteiger charge is -2.30. The molecule has 7 nitrogen and oxygen atoms in total. The van der Waals surface area contributed by atoms with Gasteiger partial charge in [0.25, 0.3) is 5.91 Å². The van der Waals surface area contributed by atoms with E-state index in [2.05, 4.69) is 15.5 Å². The molecule has 1 aliphatic rings. The molecule has 2 aromatic rings. The molecule has 8 heteroatoms. The molecule has 27 heavy (non-hydrogen) atoms. The molecule has 144 valence electrons. The summed E-state index contributed by atoms with van der Waals surface area (Å²) in [6.45, 7) is 8.15. The van der Waals surface area contributed by atoms with E-state index < -0.39 is 11.7 Å². The van der Waals surface area contributed by atoms with Crippen LogP contribution in [0, 0.1) is 6.92 Å². The highest BCUT2D eigenvalue weighted by Gasteiger charge is 2.30. The van der Waals surface area contributed by atoms with E-state index in [0.29, 0.717) is 29.2 Å². The van der Waals surface area contributed by atoms with E-state index in [0.717, 1.165) is 11.3 Å². The summed E-state index contributed by atoms with van der Waals surface area (Å²) in [5.74, 6) is -0.349. The van der Waals surface area contributed by atoms with Gasteiger partial charge in [-0.05, 0) is 45.4 Å². The van der Waals surface area contributed by atoms with Crippen LogP contribution in [0.15, 0.2) is 18.2 Å². The number of ether oxygens (including phenoxy) is 1. The summed E-state index contributed by atoms with van der Waals surface area (Å²) in [4.78, 5) is 26.6. The first kappa shape index (κ1) is 19.2. The van der Waals surface area contributed by atoms with E-state index in [-0.39, 0.29) is 18.1 Å². The summed E-state index contributed by atoms with van der Waals surface area (Å²) in [5.41, 5.74) is 2.80. The van der Waals surface area contributed by atoms with Crippen molar-refractivity contribution in [3.63, 3.8) is 0 Å². The smallest absolute Gasteiger partial charge is 0.410 e. The molecule has 0 radical (unpaired) electrons. The molecule has 0 fully saturated rings. The Hall–Kier alpha value is -2.54. The average molecular weight is 391 g/mol. The van der Waals surface area contributed by atoms with Crippen molar-refractivity contribution in [3.05, 3.63) is 45.7 Å². The molecular formula is C19H23ClN4O3. The summed E-state index contributed by atoms with van der Waals surface area (Å²) >= 11 is 6.11. The zero-order valence-corrected chi connectivity index (χ0v) is 16.6. The number of rotatable bonds is 2. The molecular weight excluding hydrogens is 368 g/mol. The zero-order chi connectivity index (χ0) is 19.8. The lowest BCUT2D eigenvalue weighted by Crippen LogP contribution is -2.40. The van der Waals surface area contributed by atoms with Crippen LogP contribution in [0.3, 0.4) is 0 Å². The van der Waals surface area contributed by atoms with Crippen molar-refractivity contribution in [1.29, 1.82) is 0 Å². The van der Waals surface area contributed by atoms with Crippen molar-refractivity contribution in [2.24, 2.45) is 0 Å². The van der Waals surface area contributed by atoms with Gasteiger partial charge < -0.3 is 15.0 Å². The van der Waals surface area contributed by atoms with E-state index in [1.807, 2.05) is 33.8 Å². The van der Waals surface area contributed by atoms with Crippen molar-refractivity contribution in [3.8, 4) is 0 Å². The van der Waals surface area contributed by atoms with Crippen LogP contribution >= 0.6 is 11.6 Å². The van der Waals surface area contributed by atoms with Gasteiger partial charge >= 0.3 is 6.09 Å². The maximum atomic E-state index is 12.7. The number of aromatic amines is 1. The Morgan fingerprint density at radius 3 is 2.74 bits per heavy atom. The second-order valence-electron chi connectivity index (χ2n) is 7.60. The number of amides is 2. The highest BCUT2D eigenvalue weighted by Crippen LogP contribution is 2.24. The van der Waals surface area contributed by atoms with Gasteiger partial charge in [0.15, 0.2) is 5.69 Å². The van der Waals surface area contributed by atoms with Crippen LogP contribution < -0.4 is 5.32 Å². The number of fused-ring (bicyclic) bond motifs is 1. The normalized spacial score (nSPS) is 13.9. The second-order valence-corrected chi connectivity index (χ2v) is 8.01. The summed E-state index contributed by atoms with van der Waals surface area (Å²) in [6, 6.07) is 5.31. The first-order valence-electron chi connectivity index (χ1n) is 8.75. The molecule has 0 spiro atoms. The third-order valence-electron chi connectivity index (χ3n) is 4.23. The molecule has 0 saturated heterocycles. The molecule has 2 heterocycles. The van der Waals surface area contributed by atoms with Crippen molar-refractivity contribution >= 4 is 29.3 Å². The highest BCUT2D eigenvalue weighted by molar-refractivity contribution is 6.31. The fraction of sp³-hybridized carbons (Fsp3) is 0.421. The average Bonchev–Trinajstić information content (AvgIpc) is 3.00. The number of hydrogen-bond acceptors (Lipinski definition) is 4. The third kappa shape index (κ3) is 4.42. The van der Waals surface area contributed by atoms with Gasteiger partial charge in [0, 0.05) is 34.9 Å². The van der Waals surface area contributed by atoms with Gasteiger partial charge in [-0.1, -0.05) is 17.7 Å². The number of anilines is 1. The predicted octanol–water partition coefficient (Wildman–Crippen LogP) is 3.92. The maximum absolute atomic E-state index is 12.7. The van der Waals surface area contributed by atoms with E-state index in [9.17, 15) is 9.59 Å². The van der Waals surface area contributed by atoms with Crippen molar-refractivity contribution in [1.82, 2.24) is 15.1 Å². The van der Waals surface area contributed by atoms with Crippen LogP contribution in [-0.2, 0) is 17.7 Å². The Kier molecular flexibility index (Phi) is 5.15. The first-order chi connectivity index (χ1) is 12.6. The maximum Gasteiger partial charge on any atom is 0.410 e. The van der Waals surface area contributed by atoms with Crippen molar-refractivity contribution in [2.75, 3.05) is 11.9 Å². The van der Waals surface area contributed by atoms with Gasteiger partial charge in [-0.15, -0.1) is 0 Å². The van der Waals surface area contributed by atoms with Gasteiger partial charge in [-0.2, -0.15) is 5.10 Å². The molecule has 1 aliphatic heterocycles. The molecule has 0 bridgehead atoms. The number of aromatic nitrogens is 2. The molecule has 0 atom stereocenters. The van der Waals surface area contributed by atoms with Crippen LogP contribution in [0.25, 0.3) is 0 Å². The van der Waals surface area contributed by atoms with Gasteiger partial charge in [-0.3, -0.25) is 9.89 Å². The Morgan fingerprint density at radius 2 is 2.07 bits per heavy atom. The monoisotopic (exact) mass is 390 g/mol.